The molecule has 112 valence electrons. The lowest BCUT2D eigenvalue weighted by Gasteiger charge is -2.24. The van der Waals surface area contributed by atoms with E-state index in [0.717, 1.165) is 23.6 Å². The zero-order valence-corrected chi connectivity index (χ0v) is 13.2. The van der Waals surface area contributed by atoms with Gasteiger partial charge in [0, 0.05) is 25.1 Å². The van der Waals surface area contributed by atoms with Crippen molar-refractivity contribution in [2.75, 3.05) is 13.1 Å². The van der Waals surface area contributed by atoms with Crippen LogP contribution in [0, 0.1) is 0 Å². The summed E-state index contributed by atoms with van der Waals surface area (Å²) in [6, 6.07) is 9.32. The van der Waals surface area contributed by atoms with Gasteiger partial charge in [-0.1, -0.05) is 31.2 Å². The van der Waals surface area contributed by atoms with Gasteiger partial charge in [0.1, 0.15) is 0 Å². The minimum Gasteiger partial charge on any atom is -0.297 e. The van der Waals surface area contributed by atoms with E-state index in [4.69, 9.17) is 0 Å². The van der Waals surface area contributed by atoms with Crippen molar-refractivity contribution in [1.82, 2.24) is 19.7 Å². The van der Waals surface area contributed by atoms with Crippen molar-refractivity contribution in [3.63, 3.8) is 0 Å². The van der Waals surface area contributed by atoms with E-state index in [0.29, 0.717) is 6.04 Å². The molecule has 1 aromatic heterocycles. The summed E-state index contributed by atoms with van der Waals surface area (Å²) in [6.45, 7) is 6.84. The molecule has 4 nitrogen and oxygen atoms in total. The lowest BCUT2D eigenvalue weighted by molar-refractivity contribution is 0.263. The molecule has 0 saturated carbocycles. The number of rotatable bonds is 4. The molecule has 0 N–H and O–H groups in total. The number of hydrogen-bond acceptors (Lipinski definition) is 3. The Hall–Kier alpha value is -1.68. The van der Waals surface area contributed by atoms with E-state index in [2.05, 4.69) is 53.1 Å². The third kappa shape index (κ3) is 2.86. The van der Waals surface area contributed by atoms with Gasteiger partial charge in [-0.15, -0.1) is 0 Å². The van der Waals surface area contributed by atoms with Gasteiger partial charge in [-0.25, -0.2) is 9.67 Å². The van der Waals surface area contributed by atoms with Crippen LogP contribution >= 0.6 is 0 Å². The zero-order chi connectivity index (χ0) is 14.8. The Kier molecular flexibility index (Phi) is 4.06. The van der Waals surface area contributed by atoms with Gasteiger partial charge in [0.25, 0.3) is 0 Å². The highest BCUT2D eigenvalue weighted by Crippen LogP contribution is 2.26. The van der Waals surface area contributed by atoms with Gasteiger partial charge >= 0.3 is 0 Å². The molecule has 3 rings (SSSR count). The molecule has 1 aromatic carbocycles. The largest absolute Gasteiger partial charge is 0.297 e. The maximum absolute atomic E-state index is 4.59. The molecule has 21 heavy (non-hydrogen) atoms. The second-order valence-electron chi connectivity index (χ2n) is 5.87. The molecule has 1 aliphatic rings. The van der Waals surface area contributed by atoms with E-state index in [9.17, 15) is 0 Å². The maximum Gasteiger partial charge on any atom is 0.158 e. The molecule has 1 saturated heterocycles. The quantitative estimate of drug-likeness (QED) is 0.864. The van der Waals surface area contributed by atoms with Crippen LogP contribution in [0.5, 0.6) is 0 Å². The van der Waals surface area contributed by atoms with Gasteiger partial charge in [-0.2, -0.15) is 5.10 Å². The lowest BCUT2D eigenvalue weighted by atomic mass is 10.0. The molecule has 2 aromatic rings. The van der Waals surface area contributed by atoms with Crippen LogP contribution in [-0.4, -0.2) is 32.8 Å². The molecule has 0 amide bonds. The van der Waals surface area contributed by atoms with Crippen LogP contribution in [0.1, 0.15) is 44.1 Å². The van der Waals surface area contributed by atoms with Crippen molar-refractivity contribution in [3.05, 3.63) is 35.7 Å². The van der Waals surface area contributed by atoms with Crippen molar-refractivity contribution >= 4 is 0 Å². The molecule has 4 heteroatoms. The summed E-state index contributed by atoms with van der Waals surface area (Å²) in [5.74, 6) is 1.86. The Balaban J connectivity index is 1.81. The summed E-state index contributed by atoms with van der Waals surface area (Å²) >= 11 is 0. The smallest absolute Gasteiger partial charge is 0.158 e. The highest BCUT2D eigenvalue weighted by Gasteiger charge is 2.19. The summed E-state index contributed by atoms with van der Waals surface area (Å²) in [5, 5.41) is 4.42. The molecule has 1 fully saturated rings. The molecular weight excluding hydrogens is 260 g/mol. The average Bonchev–Trinajstić information content (AvgIpc) is 3.16. The highest BCUT2D eigenvalue weighted by atomic mass is 15.3. The van der Waals surface area contributed by atoms with Crippen LogP contribution < -0.4 is 0 Å². The normalized spacial score (nSPS) is 17.3. The SMILES string of the molecule is CCc1nc(-c2ccc([C@@H](C)N3CCCC3)cc2)n(C)n1. The van der Waals surface area contributed by atoms with E-state index < -0.39 is 0 Å². The van der Waals surface area contributed by atoms with Gasteiger partial charge in [-0.3, -0.25) is 4.90 Å². The molecule has 1 aliphatic heterocycles. The standard InChI is InChI=1S/C17H24N4/c1-4-16-18-17(20(3)19-16)15-9-7-14(8-10-15)13(2)21-11-5-6-12-21/h7-10,13H,4-6,11-12H2,1-3H3/t13-/m1/s1. The summed E-state index contributed by atoms with van der Waals surface area (Å²) in [4.78, 5) is 7.15. The number of hydrogen-bond donors (Lipinski definition) is 0. The van der Waals surface area contributed by atoms with Gasteiger partial charge < -0.3 is 0 Å². The fraction of sp³-hybridized carbons (Fsp3) is 0.529. The van der Waals surface area contributed by atoms with Crippen molar-refractivity contribution in [1.29, 1.82) is 0 Å². The Labute approximate surface area is 126 Å². The van der Waals surface area contributed by atoms with Crippen LogP contribution in [0.3, 0.4) is 0 Å². The Morgan fingerprint density at radius 1 is 1.14 bits per heavy atom. The van der Waals surface area contributed by atoms with Crippen molar-refractivity contribution < 1.29 is 0 Å². The summed E-state index contributed by atoms with van der Waals surface area (Å²) in [7, 11) is 1.96. The average molecular weight is 284 g/mol. The van der Waals surface area contributed by atoms with Crippen LogP contribution in [0.2, 0.25) is 0 Å². The summed E-state index contributed by atoms with van der Waals surface area (Å²) in [6.07, 6.45) is 3.54. The Bertz CT molecular complexity index is 594. The molecule has 2 heterocycles. The molecular formula is C17H24N4. The minimum absolute atomic E-state index is 0.507. The molecule has 0 spiro atoms. The van der Waals surface area contributed by atoms with E-state index >= 15 is 0 Å². The van der Waals surface area contributed by atoms with Crippen molar-refractivity contribution in [2.45, 2.75) is 39.2 Å². The fourth-order valence-electron chi connectivity index (χ4n) is 3.09. The van der Waals surface area contributed by atoms with Gasteiger partial charge in [0.15, 0.2) is 11.6 Å². The topological polar surface area (TPSA) is 34.0 Å². The van der Waals surface area contributed by atoms with Gasteiger partial charge in [-0.05, 0) is 38.4 Å². The second kappa shape index (κ2) is 5.98. The predicted octanol–water partition coefficient (Wildman–Crippen LogP) is 3.20. The molecule has 0 radical (unpaired) electrons. The molecule has 0 aliphatic carbocycles. The van der Waals surface area contributed by atoms with E-state index in [1.54, 1.807) is 0 Å². The third-order valence-electron chi connectivity index (χ3n) is 4.46. The summed E-state index contributed by atoms with van der Waals surface area (Å²) < 4.78 is 1.87. The van der Waals surface area contributed by atoms with Crippen molar-refractivity contribution in [3.8, 4) is 11.4 Å². The number of aryl methyl sites for hydroxylation is 2. The molecule has 1 atom stereocenters. The molecule has 0 bridgehead atoms. The summed E-state index contributed by atoms with van der Waals surface area (Å²) in [5.41, 5.74) is 2.53. The number of aromatic nitrogens is 3. The number of benzene rings is 1. The van der Waals surface area contributed by atoms with Crippen molar-refractivity contribution in [2.24, 2.45) is 7.05 Å². The van der Waals surface area contributed by atoms with E-state index in [1.807, 2.05) is 11.7 Å². The lowest BCUT2D eigenvalue weighted by Crippen LogP contribution is -2.23. The predicted molar refractivity (Wildman–Crippen MR) is 85.0 cm³/mol. The maximum atomic E-state index is 4.59. The monoisotopic (exact) mass is 284 g/mol. The first-order valence-electron chi connectivity index (χ1n) is 7.93. The second-order valence-corrected chi connectivity index (χ2v) is 5.87. The fourth-order valence-corrected chi connectivity index (χ4v) is 3.09. The highest BCUT2D eigenvalue weighted by molar-refractivity contribution is 5.55. The van der Waals surface area contributed by atoms with Crippen LogP contribution in [0.15, 0.2) is 24.3 Å². The number of nitrogens with zero attached hydrogens (tertiary/aromatic N) is 4. The minimum atomic E-state index is 0.507. The van der Waals surface area contributed by atoms with E-state index in [-0.39, 0.29) is 0 Å². The first kappa shape index (κ1) is 14.3. The molecule has 0 unspecified atom stereocenters. The van der Waals surface area contributed by atoms with Crippen LogP contribution in [0.4, 0.5) is 0 Å². The first-order valence-corrected chi connectivity index (χ1v) is 7.93. The van der Waals surface area contributed by atoms with Crippen LogP contribution in [-0.2, 0) is 13.5 Å². The first-order chi connectivity index (χ1) is 10.2. The Morgan fingerprint density at radius 3 is 2.38 bits per heavy atom. The van der Waals surface area contributed by atoms with Gasteiger partial charge in [0.2, 0.25) is 0 Å². The van der Waals surface area contributed by atoms with Gasteiger partial charge in [0.05, 0.1) is 0 Å². The van der Waals surface area contributed by atoms with E-state index in [1.165, 1.54) is 31.5 Å². The third-order valence-corrected chi connectivity index (χ3v) is 4.46. The van der Waals surface area contributed by atoms with Crippen LogP contribution in [0.25, 0.3) is 11.4 Å². The number of likely N-dealkylation sites (tertiary alicyclic amines) is 1. The zero-order valence-electron chi connectivity index (χ0n) is 13.2. The Morgan fingerprint density at radius 2 is 1.81 bits per heavy atom.